The number of fused-ring (bicyclic) bond motifs is 1. The Hall–Kier alpha value is -2.86. The van der Waals surface area contributed by atoms with Crippen molar-refractivity contribution in [3.8, 4) is 0 Å². The van der Waals surface area contributed by atoms with E-state index in [1.54, 1.807) is 12.1 Å². The zero-order valence-electron chi connectivity index (χ0n) is 15.7. The first kappa shape index (κ1) is 18.9. The van der Waals surface area contributed by atoms with Gasteiger partial charge in [-0.05, 0) is 74.3 Å². The molecule has 142 valence electrons. The first-order valence-corrected chi connectivity index (χ1v) is 9.10. The maximum atomic E-state index is 12.3. The second-order valence-electron chi connectivity index (χ2n) is 7.10. The molecule has 0 radical (unpaired) electrons. The minimum atomic E-state index is -0.834. The summed E-state index contributed by atoms with van der Waals surface area (Å²) in [5.74, 6) is -0.834. The highest BCUT2D eigenvalue weighted by molar-refractivity contribution is 5.99. The van der Waals surface area contributed by atoms with Crippen LogP contribution in [-0.2, 0) is 17.6 Å². The molecule has 3 N–H and O–H groups in total. The lowest BCUT2D eigenvalue weighted by atomic mass is 10.1. The van der Waals surface area contributed by atoms with Gasteiger partial charge in [0.05, 0.1) is 0 Å². The molecule has 0 bridgehead atoms. The van der Waals surface area contributed by atoms with Gasteiger partial charge in [-0.15, -0.1) is 0 Å². The van der Waals surface area contributed by atoms with Gasteiger partial charge in [-0.1, -0.05) is 18.2 Å². The smallest absolute Gasteiger partial charge is 0.323 e. The van der Waals surface area contributed by atoms with Crippen molar-refractivity contribution in [2.24, 2.45) is 0 Å². The number of benzene rings is 2. The molecule has 0 spiro atoms. The van der Waals surface area contributed by atoms with Gasteiger partial charge >= 0.3 is 12.0 Å². The van der Waals surface area contributed by atoms with E-state index in [4.69, 9.17) is 5.11 Å². The molecule has 2 aromatic rings. The number of carboxylic acid groups (broad SMARTS) is 1. The lowest BCUT2D eigenvalue weighted by molar-refractivity contribution is -0.136. The second kappa shape index (κ2) is 8.22. The van der Waals surface area contributed by atoms with E-state index in [1.807, 2.05) is 24.3 Å². The van der Waals surface area contributed by atoms with Crippen LogP contribution in [0.2, 0.25) is 0 Å². The van der Waals surface area contributed by atoms with E-state index in [-0.39, 0.29) is 12.5 Å². The Morgan fingerprint density at radius 2 is 1.85 bits per heavy atom. The van der Waals surface area contributed by atoms with E-state index in [0.29, 0.717) is 18.2 Å². The van der Waals surface area contributed by atoms with Crippen LogP contribution in [0.3, 0.4) is 0 Å². The molecule has 0 heterocycles. The molecule has 0 saturated heterocycles. The molecule has 1 atom stereocenters. The van der Waals surface area contributed by atoms with Crippen LogP contribution in [0.4, 0.5) is 16.2 Å². The van der Waals surface area contributed by atoms with Crippen LogP contribution >= 0.6 is 0 Å². The van der Waals surface area contributed by atoms with Gasteiger partial charge in [0, 0.05) is 23.8 Å². The highest BCUT2D eigenvalue weighted by Crippen LogP contribution is 2.35. The number of hydrogen-bond donors (Lipinski definition) is 3. The SMILES string of the molecule is CN(C)C1CCc2cc(NC(=O)Nc3cccc(CCC(=O)O)c3)ccc21. The van der Waals surface area contributed by atoms with Gasteiger partial charge in [0.15, 0.2) is 0 Å². The summed E-state index contributed by atoms with van der Waals surface area (Å²) >= 11 is 0. The monoisotopic (exact) mass is 367 g/mol. The summed E-state index contributed by atoms with van der Waals surface area (Å²) in [5.41, 5.74) is 4.90. The summed E-state index contributed by atoms with van der Waals surface area (Å²) in [6.07, 6.45) is 2.62. The number of nitrogens with zero attached hydrogens (tertiary/aromatic N) is 1. The molecule has 0 saturated carbocycles. The highest BCUT2D eigenvalue weighted by Gasteiger charge is 2.24. The summed E-state index contributed by atoms with van der Waals surface area (Å²) < 4.78 is 0. The summed E-state index contributed by atoms with van der Waals surface area (Å²) in [7, 11) is 4.17. The van der Waals surface area contributed by atoms with E-state index in [2.05, 4.69) is 35.7 Å². The van der Waals surface area contributed by atoms with Crippen LogP contribution in [0, 0.1) is 0 Å². The number of hydrogen-bond acceptors (Lipinski definition) is 3. The Balaban J connectivity index is 1.62. The predicted octanol–water partition coefficient (Wildman–Crippen LogP) is 3.90. The number of carbonyl (C=O) groups excluding carboxylic acids is 1. The average Bonchev–Trinajstić information content (AvgIpc) is 3.03. The summed E-state index contributed by atoms with van der Waals surface area (Å²) in [4.78, 5) is 25.2. The van der Waals surface area contributed by atoms with Gasteiger partial charge in [0.1, 0.15) is 0 Å². The number of rotatable bonds is 6. The number of nitrogens with one attached hydrogen (secondary N) is 2. The Kier molecular flexibility index (Phi) is 5.76. The number of carbonyl (C=O) groups is 2. The van der Waals surface area contributed by atoms with E-state index in [1.165, 1.54) is 11.1 Å². The van der Waals surface area contributed by atoms with E-state index in [0.717, 1.165) is 24.1 Å². The van der Waals surface area contributed by atoms with Crippen LogP contribution in [0.15, 0.2) is 42.5 Å². The molecular formula is C21H25N3O3. The molecule has 0 aromatic heterocycles. The molecule has 6 nitrogen and oxygen atoms in total. The predicted molar refractivity (Wildman–Crippen MR) is 106 cm³/mol. The van der Waals surface area contributed by atoms with Crippen molar-refractivity contribution in [3.63, 3.8) is 0 Å². The zero-order valence-corrected chi connectivity index (χ0v) is 15.7. The number of aryl methyl sites for hydroxylation is 2. The Morgan fingerprint density at radius 3 is 2.56 bits per heavy atom. The molecule has 2 amide bonds. The topological polar surface area (TPSA) is 81.7 Å². The van der Waals surface area contributed by atoms with Gasteiger partial charge < -0.3 is 20.6 Å². The highest BCUT2D eigenvalue weighted by atomic mass is 16.4. The lowest BCUT2D eigenvalue weighted by Gasteiger charge is -2.20. The van der Waals surface area contributed by atoms with Gasteiger partial charge in [-0.25, -0.2) is 4.79 Å². The molecule has 1 aliphatic carbocycles. The normalized spacial score (nSPS) is 15.4. The molecule has 6 heteroatoms. The third-order valence-corrected chi connectivity index (χ3v) is 4.88. The summed E-state index contributed by atoms with van der Waals surface area (Å²) in [6.45, 7) is 0. The Bertz CT molecular complexity index is 848. The third kappa shape index (κ3) is 4.86. The number of amides is 2. The molecule has 0 aliphatic heterocycles. The molecule has 3 rings (SSSR count). The Labute approximate surface area is 159 Å². The van der Waals surface area contributed by atoms with Crippen molar-refractivity contribution in [2.45, 2.75) is 31.7 Å². The third-order valence-electron chi connectivity index (χ3n) is 4.88. The fourth-order valence-corrected chi connectivity index (χ4v) is 3.56. The maximum absolute atomic E-state index is 12.3. The molecule has 1 aliphatic rings. The first-order chi connectivity index (χ1) is 12.9. The molecule has 0 fully saturated rings. The minimum Gasteiger partial charge on any atom is -0.481 e. The first-order valence-electron chi connectivity index (χ1n) is 9.10. The lowest BCUT2D eigenvalue weighted by Crippen LogP contribution is -2.20. The van der Waals surface area contributed by atoms with Crippen molar-refractivity contribution >= 4 is 23.4 Å². The maximum Gasteiger partial charge on any atom is 0.323 e. The number of aliphatic carboxylic acids is 1. The number of anilines is 2. The fraction of sp³-hybridized carbons (Fsp3) is 0.333. The number of urea groups is 1. The summed E-state index contributed by atoms with van der Waals surface area (Å²) in [6, 6.07) is 13.4. The van der Waals surface area contributed by atoms with Gasteiger partial charge in [0.25, 0.3) is 0 Å². The van der Waals surface area contributed by atoms with Crippen molar-refractivity contribution in [1.82, 2.24) is 4.90 Å². The molecule has 1 unspecified atom stereocenters. The van der Waals surface area contributed by atoms with Gasteiger partial charge in [0.2, 0.25) is 0 Å². The average molecular weight is 367 g/mol. The fourth-order valence-electron chi connectivity index (χ4n) is 3.56. The zero-order chi connectivity index (χ0) is 19.4. The Morgan fingerprint density at radius 1 is 1.11 bits per heavy atom. The van der Waals surface area contributed by atoms with Crippen LogP contribution in [0.25, 0.3) is 0 Å². The quantitative estimate of drug-likeness (QED) is 0.723. The van der Waals surface area contributed by atoms with Gasteiger partial charge in [-0.3, -0.25) is 4.79 Å². The minimum absolute atomic E-state index is 0.0682. The van der Waals surface area contributed by atoms with E-state index >= 15 is 0 Å². The molecular weight excluding hydrogens is 342 g/mol. The van der Waals surface area contributed by atoms with Crippen molar-refractivity contribution < 1.29 is 14.7 Å². The van der Waals surface area contributed by atoms with Crippen LogP contribution in [-0.4, -0.2) is 36.1 Å². The second-order valence-corrected chi connectivity index (χ2v) is 7.10. The summed E-state index contributed by atoms with van der Waals surface area (Å²) in [5, 5.41) is 14.5. The van der Waals surface area contributed by atoms with Crippen molar-refractivity contribution in [2.75, 3.05) is 24.7 Å². The van der Waals surface area contributed by atoms with Crippen LogP contribution < -0.4 is 10.6 Å². The number of carboxylic acids is 1. The largest absolute Gasteiger partial charge is 0.481 e. The standard InChI is InChI=1S/C21H25N3O3/c1-24(2)19-10-7-15-13-17(8-9-18(15)19)23-21(27)22-16-5-3-4-14(12-16)6-11-20(25)26/h3-5,8-9,12-13,19H,6-7,10-11H2,1-2H3,(H,25,26)(H2,22,23,27). The van der Waals surface area contributed by atoms with Crippen LogP contribution in [0.1, 0.15) is 35.6 Å². The molecule has 2 aromatic carbocycles. The van der Waals surface area contributed by atoms with Crippen LogP contribution in [0.5, 0.6) is 0 Å². The molecule has 27 heavy (non-hydrogen) atoms. The van der Waals surface area contributed by atoms with Gasteiger partial charge in [-0.2, -0.15) is 0 Å². The van der Waals surface area contributed by atoms with E-state index < -0.39 is 5.97 Å². The van der Waals surface area contributed by atoms with Crippen molar-refractivity contribution in [3.05, 3.63) is 59.2 Å². The van der Waals surface area contributed by atoms with Crippen molar-refractivity contribution in [1.29, 1.82) is 0 Å². The van der Waals surface area contributed by atoms with E-state index in [9.17, 15) is 9.59 Å².